The Morgan fingerprint density at radius 3 is 1.41 bits per heavy atom. The van der Waals surface area contributed by atoms with Gasteiger partial charge in [0.2, 0.25) is 0 Å². The molecule has 0 aromatic heterocycles. The molecule has 2 rings (SSSR count). The van der Waals surface area contributed by atoms with E-state index >= 15 is 0 Å². The number of rotatable bonds is 4. The van der Waals surface area contributed by atoms with Crippen LogP contribution in [0.5, 0.6) is 0 Å². The summed E-state index contributed by atoms with van der Waals surface area (Å²) in [7, 11) is 0. The molecule has 22 heavy (non-hydrogen) atoms. The first-order valence-corrected chi connectivity index (χ1v) is 6.91. The van der Waals surface area contributed by atoms with Crippen molar-refractivity contribution in [1.82, 2.24) is 0 Å². The predicted molar refractivity (Wildman–Crippen MR) is 85.0 cm³/mol. The van der Waals surface area contributed by atoms with Crippen LogP contribution in [0.25, 0.3) is 0 Å². The molecule has 2 N–H and O–H groups in total. The highest BCUT2D eigenvalue weighted by molar-refractivity contribution is 5.70. The zero-order valence-corrected chi connectivity index (χ0v) is 12.7. The number of carbonyl (C=O) groups is 2. The van der Waals surface area contributed by atoms with Crippen molar-refractivity contribution in [3.05, 3.63) is 70.8 Å². The summed E-state index contributed by atoms with van der Waals surface area (Å²) in [5.41, 5.74) is 3.92. The van der Waals surface area contributed by atoms with Gasteiger partial charge in [-0.15, -0.1) is 0 Å². The van der Waals surface area contributed by atoms with E-state index in [0.717, 1.165) is 22.3 Å². The number of carboxylic acids is 2. The van der Waals surface area contributed by atoms with Gasteiger partial charge in [0.05, 0.1) is 12.8 Å². The first-order chi connectivity index (χ1) is 10.4. The highest BCUT2D eigenvalue weighted by atomic mass is 16.4. The normalized spacial score (nSPS) is 9.55. The van der Waals surface area contributed by atoms with Crippen LogP contribution < -0.4 is 0 Å². The molecule has 0 heterocycles. The molecule has 0 atom stereocenters. The minimum absolute atomic E-state index is 0.113. The second-order valence-electron chi connectivity index (χ2n) is 5.12. The first kappa shape index (κ1) is 17.4. The standard InChI is InChI=1S/2C9H10O2/c2*1-7-3-2-4-8(5-7)6-9(10)11/h2*2-5H,6H2,1H3,(H,10,11). The van der Waals surface area contributed by atoms with Gasteiger partial charge in [-0.25, -0.2) is 0 Å². The maximum atomic E-state index is 10.3. The van der Waals surface area contributed by atoms with Crippen LogP contribution in [0.2, 0.25) is 0 Å². The Bertz CT molecular complexity index is 590. The van der Waals surface area contributed by atoms with Gasteiger partial charge in [-0.2, -0.15) is 0 Å². The van der Waals surface area contributed by atoms with Gasteiger partial charge in [0, 0.05) is 0 Å². The lowest BCUT2D eigenvalue weighted by molar-refractivity contribution is -0.137. The van der Waals surface area contributed by atoms with Gasteiger partial charge in [-0.1, -0.05) is 59.7 Å². The van der Waals surface area contributed by atoms with E-state index in [2.05, 4.69) is 0 Å². The van der Waals surface area contributed by atoms with E-state index in [1.807, 2.05) is 62.4 Å². The third-order valence-corrected chi connectivity index (χ3v) is 2.88. The second kappa shape index (κ2) is 8.62. The van der Waals surface area contributed by atoms with Crippen molar-refractivity contribution in [2.75, 3.05) is 0 Å². The summed E-state index contributed by atoms with van der Waals surface area (Å²) in [6.07, 6.45) is 0.226. The van der Waals surface area contributed by atoms with E-state index in [1.165, 1.54) is 0 Å². The van der Waals surface area contributed by atoms with Gasteiger partial charge in [-0.3, -0.25) is 9.59 Å². The summed E-state index contributed by atoms with van der Waals surface area (Å²) in [4.78, 5) is 20.6. The van der Waals surface area contributed by atoms with Crippen LogP contribution in [0, 0.1) is 13.8 Å². The van der Waals surface area contributed by atoms with Crippen molar-refractivity contribution in [2.24, 2.45) is 0 Å². The average molecular weight is 300 g/mol. The van der Waals surface area contributed by atoms with Crippen molar-refractivity contribution < 1.29 is 19.8 Å². The van der Waals surface area contributed by atoms with Crippen LogP contribution in [-0.2, 0) is 22.4 Å². The second-order valence-corrected chi connectivity index (χ2v) is 5.12. The third kappa shape index (κ3) is 7.24. The molecule has 0 aliphatic carbocycles. The van der Waals surface area contributed by atoms with Crippen molar-refractivity contribution in [3.8, 4) is 0 Å². The first-order valence-electron chi connectivity index (χ1n) is 6.91. The smallest absolute Gasteiger partial charge is 0.307 e. The molecule has 0 saturated carbocycles. The molecule has 0 fully saturated rings. The molecule has 2 aromatic rings. The van der Waals surface area contributed by atoms with Crippen LogP contribution in [0.15, 0.2) is 48.5 Å². The van der Waals surface area contributed by atoms with Crippen molar-refractivity contribution in [2.45, 2.75) is 26.7 Å². The fourth-order valence-corrected chi connectivity index (χ4v) is 1.99. The summed E-state index contributed by atoms with van der Waals surface area (Å²) in [6, 6.07) is 15.0. The van der Waals surface area contributed by atoms with Gasteiger partial charge >= 0.3 is 11.9 Å². The monoisotopic (exact) mass is 300 g/mol. The van der Waals surface area contributed by atoms with Crippen LogP contribution >= 0.6 is 0 Å². The molecular formula is C18H20O4. The Morgan fingerprint density at radius 2 is 1.14 bits per heavy atom. The number of aliphatic carboxylic acids is 2. The predicted octanol–water partition coefficient (Wildman–Crippen LogP) is 3.24. The summed E-state index contributed by atoms with van der Waals surface area (Å²) < 4.78 is 0. The summed E-state index contributed by atoms with van der Waals surface area (Å²) in [6.45, 7) is 3.90. The van der Waals surface area contributed by atoms with E-state index in [0.29, 0.717) is 0 Å². The number of aryl methyl sites for hydroxylation is 2. The zero-order chi connectivity index (χ0) is 16.5. The maximum absolute atomic E-state index is 10.3. The topological polar surface area (TPSA) is 74.6 Å². The highest BCUT2D eigenvalue weighted by Gasteiger charge is 1.99. The van der Waals surface area contributed by atoms with E-state index < -0.39 is 11.9 Å². The Kier molecular flexibility index (Phi) is 6.83. The molecule has 0 aliphatic rings. The summed E-state index contributed by atoms with van der Waals surface area (Å²) in [5, 5.41) is 16.9. The minimum Gasteiger partial charge on any atom is -0.481 e. The average Bonchev–Trinajstić information content (AvgIpc) is 2.37. The number of hydrogen-bond acceptors (Lipinski definition) is 2. The fourth-order valence-electron chi connectivity index (χ4n) is 1.99. The van der Waals surface area contributed by atoms with E-state index in [-0.39, 0.29) is 12.8 Å². The molecule has 0 spiro atoms. The maximum Gasteiger partial charge on any atom is 0.307 e. The molecule has 116 valence electrons. The lowest BCUT2D eigenvalue weighted by Crippen LogP contribution is -1.99. The van der Waals surface area contributed by atoms with Crippen LogP contribution in [-0.4, -0.2) is 22.2 Å². The Balaban J connectivity index is 0.000000220. The molecule has 4 nitrogen and oxygen atoms in total. The number of benzene rings is 2. The molecule has 4 heteroatoms. The van der Waals surface area contributed by atoms with Crippen molar-refractivity contribution in [3.63, 3.8) is 0 Å². The molecule has 0 bridgehead atoms. The SMILES string of the molecule is Cc1cccc(CC(=O)O)c1.Cc1cccc(CC(=O)O)c1. The number of hydrogen-bond donors (Lipinski definition) is 2. The quantitative estimate of drug-likeness (QED) is 0.909. The molecule has 0 amide bonds. The van der Waals surface area contributed by atoms with Gasteiger partial charge in [0.15, 0.2) is 0 Å². The largest absolute Gasteiger partial charge is 0.481 e. The van der Waals surface area contributed by atoms with Crippen LogP contribution in [0.4, 0.5) is 0 Å². The number of carboxylic acid groups (broad SMARTS) is 2. The zero-order valence-electron chi connectivity index (χ0n) is 12.7. The highest BCUT2D eigenvalue weighted by Crippen LogP contribution is 2.04. The molecule has 0 radical (unpaired) electrons. The molecule has 2 aromatic carbocycles. The Labute approximate surface area is 130 Å². The van der Waals surface area contributed by atoms with Crippen molar-refractivity contribution in [1.29, 1.82) is 0 Å². The van der Waals surface area contributed by atoms with Crippen LogP contribution in [0.1, 0.15) is 22.3 Å². The van der Waals surface area contributed by atoms with Crippen LogP contribution in [0.3, 0.4) is 0 Å². The van der Waals surface area contributed by atoms with Gasteiger partial charge < -0.3 is 10.2 Å². The molecule has 0 aliphatic heterocycles. The lowest BCUT2D eigenvalue weighted by atomic mass is 10.1. The summed E-state index contributed by atoms with van der Waals surface area (Å²) >= 11 is 0. The van der Waals surface area contributed by atoms with Crippen molar-refractivity contribution >= 4 is 11.9 Å². The minimum atomic E-state index is -0.782. The van der Waals surface area contributed by atoms with E-state index in [4.69, 9.17) is 10.2 Å². The third-order valence-electron chi connectivity index (χ3n) is 2.88. The Hall–Kier alpha value is -2.62. The molecular weight excluding hydrogens is 280 g/mol. The Morgan fingerprint density at radius 1 is 0.773 bits per heavy atom. The lowest BCUT2D eigenvalue weighted by Gasteiger charge is -1.96. The molecule has 0 saturated heterocycles. The van der Waals surface area contributed by atoms with E-state index in [1.54, 1.807) is 0 Å². The van der Waals surface area contributed by atoms with Gasteiger partial charge in [0.25, 0.3) is 0 Å². The fraction of sp³-hybridized carbons (Fsp3) is 0.222. The van der Waals surface area contributed by atoms with E-state index in [9.17, 15) is 9.59 Å². The molecule has 0 unspecified atom stereocenters. The summed E-state index contributed by atoms with van der Waals surface area (Å²) in [5.74, 6) is -1.56. The van der Waals surface area contributed by atoms with Gasteiger partial charge in [0.1, 0.15) is 0 Å². The van der Waals surface area contributed by atoms with Gasteiger partial charge in [-0.05, 0) is 25.0 Å².